The van der Waals surface area contributed by atoms with Gasteiger partial charge in [-0.25, -0.2) is 0 Å². The fourth-order valence-electron chi connectivity index (χ4n) is 2.39. The summed E-state index contributed by atoms with van der Waals surface area (Å²) in [4.78, 5) is 0. The Morgan fingerprint density at radius 2 is 2.28 bits per heavy atom. The molecule has 18 heavy (non-hydrogen) atoms. The van der Waals surface area contributed by atoms with E-state index in [9.17, 15) is 0 Å². The lowest BCUT2D eigenvalue weighted by Gasteiger charge is -2.08. The molecule has 0 radical (unpaired) electrons. The Morgan fingerprint density at radius 1 is 1.39 bits per heavy atom. The van der Waals surface area contributed by atoms with E-state index in [-0.39, 0.29) is 0 Å². The molecule has 0 spiro atoms. The lowest BCUT2D eigenvalue weighted by Crippen LogP contribution is -2.00. The van der Waals surface area contributed by atoms with E-state index in [1.54, 1.807) is 0 Å². The van der Waals surface area contributed by atoms with E-state index >= 15 is 0 Å². The van der Waals surface area contributed by atoms with Gasteiger partial charge in [-0.3, -0.25) is 4.68 Å². The van der Waals surface area contributed by atoms with Crippen LogP contribution >= 0.6 is 0 Å². The van der Waals surface area contributed by atoms with E-state index in [4.69, 9.17) is 10.5 Å². The Bertz CT molecular complexity index is 574. The summed E-state index contributed by atoms with van der Waals surface area (Å²) < 4.78 is 7.57. The first-order valence-corrected chi connectivity index (χ1v) is 6.33. The number of hydrogen-bond acceptors (Lipinski definition) is 3. The van der Waals surface area contributed by atoms with Gasteiger partial charge in [-0.15, -0.1) is 0 Å². The summed E-state index contributed by atoms with van der Waals surface area (Å²) in [6, 6.07) is 4.31. The van der Waals surface area contributed by atoms with Crippen LogP contribution in [-0.4, -0.2) is 16.4 Å². The molecule has 0 bridgehead atoms. The minimum absolute atomic E-state index is 0.512. The molecule has 0 aliphatic carbocycles. The fraction of sp³-hybridized carbons (Fsp3) is 0.357. The van der Waals surface area contributed by atoms with Gasteiger partial charge in [-0.2, -0.15) is 5.10 Å². The minimum atomic E-state index is 0.512. The van der Waals surface area contributed by atoms with E-state index in [1.165, 1.54) is 11.1 Å². The van der Waals surface area contributed by atoms with Crippen molar-refractivity contribution in [3.63, 3.8) is 0 Å². The van der Waals surface area contributed by atoms with Crippen LogP contribution < -0.4 is 10.5 Å². The van der Waals surface area contributed by atoms with Crippen molar-refractivity contribution in [3.8, 4) is 16.9 Å². The number of benzene rings is 1. The molecule has 0 atom stereocenters. The standard InChI is InChI=1S/C14H17N3O/c1-2-17-9-13(8-16-17)11-5-10-3-4-18-14(10)12(6-11)7-15/h5-6,8-9H,2-4,7,15H2,1H3. The van der Waals surface area contributed by atoms with Crippen molar-refractivity contribution in [2.24, 2.45) is 5.73 Å². The smallest absolute Gasteiger partial charge is 0.127 e. The predicted molar refractivity (Wildman–Crippen MR) is 70.4 cm³/mol. The third kappa shape index (κ3) is 1.78. The Kier molecular flexibility index (Phi) is 2.80. The number of aromatic nitrogens is 2. The zero-order valence-corrected chi connectivity index (χ0v) is 10.5. The zero-order chi connectivity index (χ0) is 12.5. The monoisotopic (exact) mass is 243 g/mol. The van der Waals surface area contributed by atoms with Gasteiger partial charge in [0.05, 0.1) is 12.8 Å². The summed E-state index contributed by atoms with van der Waals surface area (Å²) in [5, 5.41) is 4.31. The molecule has 0 saturated heterocycles. The van der Waals surface area contributed by atoms with Crippen molar-refractivity contribution < 1.29 is 4.74 Å². The van der Waals surface area contributed by atoms with Gasteiger partial charge in [0.2, 0.25) is 0 Å². The first-order valence-electron chi connectivity index (χ1n) is 6.33. The van der Waals surface area contributed by atoms with Gasteiger partial charge in [0, 0.05) is 36.8 Å². The number of nitrogens with zero attached hydrogens (tertiary/aromatic N) is 2. The Hall–Kier alpha value is -1.81. The van der Waals surface area contributed by atoms with E-state index in [1.807, 2.05) is 10.9 Å². The third-order valence-corrected chi connectivity index (χ3v) is 3.37. The van der Waals surface area contributed by atoms with Crippen LogP contribution in [-0.2, 0) is 19.5 Å². The van der Waals surface area contributed by atoms with Crippen LogP contribution in [0.3, 0.4) is 0 Å². The normalized spacial score (nSPS) is 13.4. The number of ether oxygens (including phenoxy) is 1. The van der Waals surface area contributed by atoms with Gasteiger partial charge >= 0.3 is 0 Å². The average molecular weight is 243 g/mol. The highest BCUT2D eigenvalue weighted by Gasteiger charge is 2.17. The quantitative estimate of drug-likeness (QED) is 0.896. The molecule has 94 valence electrons. The van der Waals surface area contributed by atoms with Crippen LogP contribution in [0.1, 0.15) is 18.1 Å². The van der Waals surface area contributed by atoms with Gasteiger partial charge < -0.3 is 10.5 Å². The highest BCUT2D eigenvalue weighted by molar-refractivity contribution is 5.67. The van der Waals surface area contributed by atoms with E-state index < -0.39 is 0 Å². The number of aryl methyl sites for hydroxylation is 1. The van der Waals surface area contributed by atoms with Gasteiger partial charge in [0.15, 0.2) is 0 Å². The molecule has 2 heterocycles. The topological polar surface area (TPSA) is 53.1 Å². The van der Waals surface area contributed by atoms with Crippen molar-refractivity contribution in [3.05, 3.63) is 35.7 Å². The molecule has 2 N–H and O–H groups in total. The van der Waals surface area contributed by atoms with Crippen LogP contribution in [0.5, 0.6) is 5.75 Å². The summed E-state index contributed by atoms with van der Waals surface area (Å²) in [5.41, 5.74) is 10.5. The van der Waals surface area contributed by atoms with Gasteiger partial charge in [-0.1, -0.05) is 0 Å². The molecule has 2 aromatic rings. The maximum atomic E-state index is 5.80. The molecule has 1 aliphatic rings. The molecular formula is C14H17N3O. The summed E-state index contributed by atoms with van der Waals surface area (Å²) >= 11 is 0. The predicted octanol–water partition coefficient (Wildman–Crippen LogP) is 1.96. The summed E-state index contributed by atoms with van der Waals surface area (Å²) in [7, 11) is 0. The Morgan fingerprint density at radius 3 is 3.00 bits per heavy atom. The number of rotatable bonds is 3. The zero-order valence-electron chi connectivity index (χ0n) is 10.5. The van der Waals surface area contributed by atoms with Crippen molar-refractivity contribution >= 4 is 0 Å². The highest BCUT2D eigenvalue weighted by Crippen LogP contribution is 2.34. The SMILES string of the molecule is CCn1cc(-c2cc(CN)c3c(c2)CCO3)cn1. The molecule has 4 heteroatoms. The molecule has 1 aliphatic heterocycles. The molecule has 3 rings (SSSR count). The summed E-state index contributed by atoms with van der Waals surface area (Å²) in [5.74, 6) is 0.990. The van der Waals surface area contributed by atoms with Crippen molar-refractivity contribution in [1.82, 2.24) is 9.78 Å². The fourth-order valence-corrected chi connectivity index (χ4v) is 2.39. The highest BCUT2D eigenvalue weighted by atomic mass is 16.5. The van der Waals surface area contributed by atoms with E-state index in [0.717, 1.165) is 36.4 Å². The van der Waals surface area contributed by atoms with Crippen LogP contribution in [0, 0.1) is 0 Å². The second-order valence-electron chi connectivity index (χ2n) is 4.51. The second-order valence-corrected chi connectivity index (χ2v) is 4.51. The molecule has 1 aromatic heterocycles. The van der Waals surface area contributed by atoms with Gasteiger partial charge in [-0.05, 0) is 30.2 Å². The molecule has 1 aromatic carbocycles. The van der Waals surface area contributed by atoms with Crippen molar-refractivity contribution in [1.29, 1.82) is 0 Å². The van der Waals surface area contributed by atoms with Crippen LogP contribution in [0.15, 0.2) is 24.5 Å². The molecule has 4 nitrogen and oxygen atoms in total. The first-order chi connectivity index (χ1) is 8.81. The van der Waals surface area contributed by atoms with E-state index in [2.05, 4.69) is 30.4 Å². The molecule has 0 amide bonds. The maximum absolute atomic E-state index is 5.80. The minimum Gasteiger partial charge on any atom is -0.493 e. The molecule has 0 saturated carbocycles. The number of hydrogen-bond donors (Lipinski definition) is 1. The summed E-state index contributed by atoms with van der Waals surface area (Å²) in [6.45, 7) is 4.24. The van der Waals surface area contributed by atoms with Crippen LogP contribution in [0.2, 0.25) is 0 Å². The second kappa shape index (κ2) is 4.46. The van der Waals surface area contributed by atoms with Gasteiger partial charge in [0.1, 0.15) is 5.75 Å². The molecular weight excluding hydrogens is 226 g/mol. The molecule has 0 fully saturated rings. The lowest BCUT2D eigenvalue weighted by atomic mass is 10.0. The van der Waals surface area contributed by atoms with E-state index in [0.29, 0.717) is 6.54 Å². The third-order valence-electron chi connectivity index (χ3n) is 3.37. The van der Waals surface area contributed by atoms with Gasteiger partial charge in [0.25, 0.3) is 0 Å². The Labute approximate surface area is 106 Å². The lowest BCUT2D eigenvalue weighted by molar-refractivity contribution is 0.353. The maximum Gasteiger partial charge on any atom is 0.127 e. The summed E-state index contributed by atoms with van der Waals surface area (Å²) in [6.07, 6.45) is 4.94. The number of fused-ring (bicyclic) bond motifs is 1. The van der Waals surface area contributed by atoms with Crippen molar-refractivity contribution in [2.75, 3.05) is 6.61 Å². The van der Waals surface area contributed by atoms with Crippen LogP contribution in [0.4, 0.5) is 0 Å². The largest absolute Gasteiger partial charge is 0.493 e. The Balaban J connectivity index is 2.07. The first kappa shape index (κ1) is 11.3. The molecule has 0 unspecified atom stereocenters. The van der Waals surface area contributed by atoms with Crippen LogP contribution in [0.25, 0.3) is 11.1 Å². The average Bonchev–Trinajstić information content (AvgIpc) is 3.05. The number of nitrogens with two attached hydrogens (primary N) is 1. The van der Waals surface area contributed by atoms with Crippen molar-refractivity contribution in [2.45, 2.75) is 26.4 Å².